The molecule has 0 bridgehead atoms. The fraction of sp³-hybridized carbons (Fsp3) is 0.333. The highest BCUT2D eigenvalue weighted by atomic mass is 16.5. The van der Waals surface area contributed by atoms with Crippen LogP contribution in [0, 0.1) is 20.8 Å². The minimum Gasteiger partial charge on any atom is -0.457 e. The Morgan fingerprint density at radius 3 is 2.09 bits per heavy atom. The lowest BCUT2D eigenvalue weighted by molar-refractivity contribution is 0.478. The molecule has 0 radical (unpaired) electrons. The molecule has 0 fully saturated rings. The Morgan fingerprint density at radius 1 is 0.660 bits per heavy atom. The number of aromatic nitrogens is 4. The van der Waals surface area contributed by atoms with E-state index in [1.807, 2.05) is 6.20 Å². The van der Waals surface area contributed by atoms with Crippen LogP contribution < -0.4 is 4.74 Å². The van der Waals surface area contributed by atoms with Crippen molar-refractivity contribution < 1.29 is 4.74 Å². The second kappa shape index (κ2) is 14.7. The smallest absolute Gasteiger partial charge is 0.137 e. The average molecular weight is 703 g/mol. The summed E-state index contributed by atoms with van der Waals surface area (Å²) in [5, 5.41) is 7.80. The van der Waals surface area contributed by atoms with Crippen LogP contribution in [-0.4, -0.2) is 19.3 Å². The molecule has 0 N–H and O–H groups in total. The molecule has 7 rings (SSSR count). The molecule has 3 aromatic heterocycles. The predicted molar refractivity (Wildman–Crippen MR) is 223 cm³/mol. The van der Waals surface area contributed by atoms with E-state index in [2.05, 4.69) is 156 Å². The normalized spacial score (nSPS) is 11.9. The lowest BCUT2D eigenvalue weighted by Crippen LogP contribution is -2.13. The third-order valence-corrected chi connectivity index (χ3v) is 10.4. The van der Waals surface area contributed by atoms with Gasteiger partial charge in [-0.3, -0.25) is 4.57 Å². The topological polar surface area (TPSA) is 44.9 Å². The summed E-state index contributed by atoms with van der Waals surface area (Å²) in [7, 11) is 0. The van der Waals surface area contributed by atoms with Gasteiger partial charge >= 0.3 is 0 Å². The average Bonchev–Trinajstić information content (AvgIpc) is 3.63. The summed E-state index contributed by atoms with van der Waals surface area (Å²) in [6.45, 7) is 20.2. The van der Waals surface area contributed by atoms with E-state index in [0.29, 0.717) is 0 Å². The van der Waals surface area contributed by atoms with Gasteiger partial charge in [-0.15, -0.1) is 0 Å². The third-order valence-electron chi connectivity index (χ3n) is 10.4. The Labute approximate surface area is 315 Å². The van der Waals surface area contributed by atoms with Crippen molar-refractivity contribution >= 4 is 21.8 Å². The second-order valence-corrected chi connectivity index (χ2v) is 15.8. The summed E-state index contributed by atoms with van der Waals surface area (Å²) in [6.07, 6.45) is 7.97. The highest BCUT2D eigenvalue weighted by molar-refractivity contribution is 6.09. The first-order valence-electron chi connectivity index (χ1n) is 19.5. The van der Waals surface area contributed by atoms with Gasteiger partial charge in [-0.1, -0.05) is 96.7 Å². The van der Waals surface area contributed by atoms with Gasteiger partial charge in [0.25, 0.3) is 0 Å². The molecule has 0 saturated heterocycles. The zero-order chi connectivity index (χ0) is 37.4. The molecule has 7 aromatic rings. The van der Waals surface area contributed by atoms with E-state index in [4.69, 9.17) is 14.8 Å². The summed E-state index contributed by atoms with van der Waals surface area (Å²) >= 11 is 0. The van der Waals surface area contributed by atoms with Crippen molar-refractivity contribution in [1.29, 1.82) is 0 Å². The standard InChI is InChI=1S/C48H54N4O/c1-10-15-34-22-23-49-45(26-34)51-42-19-14-13-18-39(42)40-21-20-37(30-44(40)51)53-38-28-35(48(7,8)9)27-36(29-38)52-43(17-12-3)47(41(50-52)16-11-2)46-32(5)24-31(4)25-33(46)6/h13-14,18-30H,10-12,15-17H2,1-9H3. The van der Waals surface area contributed by atoms with Crippen LogP contribution in [0.5, 0.6) is 11.5 Å². The van der Waals surface area contributed by atoms with Crippen LogP contribution in [0.15, 0.2) is 91.1 Å². The zero-order valence-electron chi connectivity index (χ0n) is 33.1. The molecule has 272 valence electrons. The first-order valence-corrected chi connectivity index (χ1v) is 19.5. The fourth-order valence-electron chi connectivity index (χ4n) is 8.08. The molecule has 4 aromatic carbocycles. The zero-order valence-corrected chi connectivity index (χ0v) is 33.1. The molecule has 0 amide bonds. The van der Waals surface area contributed by atoms with Crippen molar-refractivity contribution in [2.45, 2.75) is 106 Å². The maximum Gasteiger partial charge on any atom is 0.137 e. The molecule has 5 nitrogen and oxygen atoms in total. The molecular weight excluding hydrogens is 649 g/mol. The van der Waals surface area contributed by atoms with Crippen molar-refractivity contribution in [2.24, 2.45) is 0 Å². The SMILES string of the molecule is CCCc1ccnc(-n2c3ccccc3c3ccc(Oc4cc(-n5nc(CCC)c(-c6c(C)cc(C)cc6C)c5CCC)cc(C(C)(C)C)c4)cc32)c1. The van der Waals surface area contributed by atoms with Gasteiger partial charge in [-0.25, -0.2) is 9.67 Å². The Kier molecular flexibility index (Phi) is 10.0. The maximum absolute atomic E-state index is 6.88. The number of fused-ring (bicyclic) bond motifs is 3. The van der Waals surface area contributed by atoms with Gasteiger partial charge in [0, 0.05) is 34.7 Å². The lowest BCUT2D eigenvalue weighted by Gasteiger charge is -2.22. The Bertz CT molecular complexity index is 2410. The Hall–Kier alpha value is -5.16. The van der Waals surface area contributed by atoms with Gasteiger partial charge in [0.15, 0.2) is 0 Å². The molecule has 0 aliphatic carbocycles. The number of nitrogens with zero attached hydrogens (tertiary/aromatic N) is 4. The van der Waals surface area contributed by atoms with Gasteiger partial charge < -0.3 is 4.74 Å². The summed E-state index contributed by atoms with van der Waals surface area (Å²) in [5.41, 5.74) is 14.6. The molecule has 0 unspecified atom stereocenters. The monoisotopic (exact) mass is 702 g/mol. The summed E-state index contributed by atoms with van der Waals surface area (Å²) < 4.78 is 11.4. The summed E-state index contributed by atoms with van der Waals surface area (Å²) in [6, 6.07) is 30.7. The number of rotatable bonds is 11. The van der Waals surface area contributed by atoms with Gasteiger partial charge in [0.1, 0.15) is 17.3 Å². The van der Waals surface area contributed by atoms with E-state index in [0.717, 1.165) is 72.6 Å². The fourth-order valence-corrected chi connectivity index (χ4v) is 8.08. The molecule has 5 heteroatoms. The minimum absolute atomic E-state index is 0.100. The minimum atomic E-state index is -0.100. The highest BCUT2D eigenvalue weighted by Crippen LogP contribution is 2.40. The third kappa shape index (κ3) is 7.02. The van der Waals surface area contributed by atoms with E-state index in [1.54, 1.807) is 0 Å². The Balaban J connectivity index is 1.39. The lowest BCUT2D eigenvalue weighted by atomic mass is 9.86. The van der Waals surface area contributed by atoms with E-state index < -0.39 is 0 Å². The predicted octanol–water partition coefficient (Wildman–Crippen LogP) is 12.9. The van der Waals surface area contributed by atoms with Crippen LogP contribution in [0.1, 0.15) is 100 Å². The van der Waals surface area contributed by atoms with Crippen molar-refractivity contribution in [3.8, 4) is 34.1 Å². The van der Waals surface area contributed by atoms with Crippen LogP contribution in [0.4, 0.5) is 0 Å². The Morgan fingerprint density at radius 2 is 1.38 bits per heavy atom. The van der Waals surface area contributed by atoms with Crippen LogP contribution in [0.25, 0.3) is 44.4 Å². The molecule has 53 heavy (non-hydrogen) atoms. The van der Waals surface area contributed by atoms with Crippen LogP contribution in [-0.2, 0) is 24.7 Å². The number of aryl methyl sites for hydroxylation is 5. The quantitative estimate of drug-likeness (QED) is 0.135. The molecule has 0 saturated carbocycles. The van der Waals surface area contributed by atoms with Crippen LogP contribution in [0.3, 0.4) is 0 Å². The largest absolute Gasteiger partial charge is 0.457 e. The number of pyridine rings is 1. The van der Waals surface area contributed by atoms with Gasteiger partial charge in [0.2, 0.25) is 0 Å². The molecule has 0 spiro atoms. The maximum atomic E-state index is 6.88. The first-order chi connectivity index (χ1) is 25.5. The molecular formula is C48H54N4O. The van der Waals surface area contributed by atoms with E-state index >= 15 is 0 Å². The summed E-state index contributed by atoms with van der Waals surface area (Å²) in [4.78, 5) is 4.86. The van der Waals surface area contributed by atoms with Gasteiger partial charge in [0.05, 0.1) is 28.1 Å². The van der Waals surface area contributed by atoms with Crippen molar-refractivity contribution in [1.82, 2.24) is 19.3 Å². The number of hydrogen-bond donors (Lipinski definition) is 0. The molecule has 3 heterocycles. The molecule has 0 aliphatic heterocycles. The van der Waals surface area contributed by atoms with Crippen molar-refractivity contribution in [3.05, 3.63) is 130 Å². The van der Waals surface area contributed by atoms with E-state index in [9.17, 15) is 0 Å². The number of hydrogen-bond acceptors (Lipinski definition) is 3. The first kappa shape index (κ1) is 36.2. The van der Waals surface area contributed by atoms with Gasteiger partial charge in [-0.2, -0.15) is 5.10 Å². The summed E-state index contributed by atoms with van der Waals surface area (Å²) in [5.74, 6) is 2.52. The molecule has 0 aliphatic rings. The van der Waals surface area contributed by atoms with Crippen molar-refractivity contribution in [3.63, 3.8) is 0 Å². The number of benzene rings is 4. The van der Waals surface area contributed by atoms with Crippen LogP contribution in [0.2, 0.25) is 0 Å². The molecule has 0 atom stereocenters. The van der Waals surface area contributed by atoms with E-state index in [-0.39, 0.29) is 5.41 Å². The van der Waals surface area contributed by atoms with E-state index in [1.165, 1.54) is 61.1 Å². The van der Waals surface area contributed by atoms with Crippen LogP contribution >= 0.6 is 0 Å². The highest BCUT2D eigenvalue weighted by Gasteiger charge is 2.25. The second-order valence-electron chi connectivity index (χ2n) is 15.8. The number of para-hydroxylation sites is 1. The number of ether oxygens (including phenoxy) is 1. The van der Waals surface area contributed by atoms with Gasteiger partial charge in [-0.05, 0) is 116 Å². The van der Waals surface area contributed by atoms with Crippen molar-refractivity contribution in [2.75, 3.05) is 0 Å².